The lowest BCUT2D eigenvalue weighted by molar-refractivity contribution is -0.144. The zero-order chi connectivity index (χ0) is 57.5. The number of nitrogens with one attached hydrogen (secondary N) is 10. The number of carboxylic acid groups (broad SMARTS) is 1. The van der Waals surface area contributed by atoms with Gasteiger partial charge >= 0.3 is 5.97 Å². The average Bonchev–Trinajstić information content (AvgIpc) is 4.34. The van der Waals surface area contributed by atoms with Gasteiger partial charge in [0.1, 0.15) is 48.3 Å². The van der Waals surface area contributed by atoms with E-state index in [1.165, 1.54) is 29.2 Å². The van der Waals surface area contributed by atoms with Crippen molar-refractivity contribution in [1.82, 2.24) is 67.3 Å². The molecule has 0 bridgehead atoms. The van der Waals surface area contributed by atoms with E-state index in [1.807, 2.05) is 48.5 Å². The molecule has 25 nitrogen and oxygen atoms in total. The molecule has 2 aromatic heterocycles. The van der Waals surface area contributed by atoms with Gasteiger partial charge in [-0.05, 0) is 75.1 Å². The number of aromatic amines is 2. The molecule has 9 amide bonds. The van der Waals surface area contributed by atoms with Crippen LogP contribution in [0.1, 0.15) is 82.5 Å². The predicted molar refractivity (Wildman–Crippen MR) is 289 cm³/mol. The first-order valence-corrected chi connectivity index (χ1v) is 27.3. The summed E-state index contributed by atoms with van der Waals surface area (Å²) >= 11 is 0. The Balaban J connectivity index is 0.949. The third kappa shape index (κ3) is 15.3. The number of benzene rings is 2. The lowest BCUT2D eigenvalue weighted by Gasteiger charge is -2.30. The number of aromatic nitrogens is 3. The lowest BCUT2D eigenvalue weighted by Crippen LogP contribution is -2.60. The van der Waals surface area contributed by atoms with E-state index in [0.717, 1.165) is 22.9 Å². The predicted octanol–water partition coefficient (Wildman–Crippen LogP) is -1.18. The van der Waals surface area contributed by atoms with Crippen LogP contribution in [0.4, 0.5) is 0 Å². The fraction of sp³-hybridized carbons (Fsp3) is 0.509. The third-order valence-corrected chi connectivity index (χ3v) is 15.1. The molecule has 3 aliphatic rings. The van der Waals surface area contributed by atoms with Crippen molar-refractivity contribution in [3.8, 4) is 0 Å². The van der Waals surface area contributed by atoms with Crippen LogP contribution < -0.4 is 42.5 Å². The highest BCUT2D eigenvalue weighted by Gasteiger charge is 2.41. The Morgan fingerprint density at radius 2 is 1.31 bits per heavy atom. The molecule has 0 radical (unpaired) electrons. The third-order valence-electron chi connectivity index (χ3n) is 15.1. The zero-order valence-electron chi connectivity index (χ0n) is 45.1. The first-order valence-electron chi connectivity index (χ1n) is 27.3. The Kier molecular flexibility index (Phi) is 20.9. The van der Waals surface area contributed by atoms with E-state index < -0.39 is 127 Å². The van der Waals surface area contributed by atoms with Crippen molar-refractivity contribution in [2.24, 2.45) is 5.92 Å². The molecule has 5 heterocycles. The van der Waals surface area contributed by atoms with E-state index in [4.69, 9.17) is 0 Å². The summed E-state index contributed by atoms with van der Waals surface area (Å²) in [6.07, 6.45) is 7.70. The summed E-state index contributed by atoms with van der Waals surface area (Å²) in [6, 6.07) is 6.21. The summed E-state index contributed by atoms with van der Waals surface area (Å²) in [7, 11) is 0. The summed E-state index contributed by atoms with van der Waals surface area (Å²) in [6.45, 7) is 4.47. The quantitative estimate of drug-likeness (QED) is 0.0353. The molecule has 0 unspecified atom stereocenters. The maximum absolute atomic E-state index is 14.1. The SMILES string of the molecule is CC[C@H](C)[C@H](NC(=O)[C@H](Cc1c[nH]c2ccccc12)NC(=O)[C@H](CO)NC(=O)[C@H](Cc1cnc[nH]1)NC(=O)[C@@H]1CCCN1C(=O)CNC(=O)[C@H](C)NC(=O)[C@@H]1CCCN1C(=O)[C@H](Cc1ccccc1)NC(=O)[C@@H]1CCCN1)C(=O)O. The van der Waals surface area contributed by atoms with E-state index in [1.54, 1.807) is 26.1 Å². The number of aliphatic hydroxyl groups is 1. The van der Waals surface area contributed by atoms with Crippen molar-refractivity contribution < 1.29 is 58.2 Å². The fourth-order valence-electron chi connectivity index (χ4n) is 10.4. The van der Waals surface area contributed by atoms with Crippen LogP contribution in [0.3, 0.4) is 0 Å². The van der Waals surface area contributed by atoms with E-state index in [2.05, 4.69) is 57.5 Å². The molecule has 10 atom stereocenters. The number of carbonyl (C=O) groups is 10. The van der Waals surface area contributed by atoms with Crippen molar-refractivity contribution in [1.29, 1.82) is 0 Å². The van der Waals surface area contributed by atoms with E-state index in [0.29, 0.717) is 49.9 Å². The summed E-state index contributed by atoms with van der Waals surface area (Å²) in [5, 5.41) is 42.7. The first-order chi connectivity index (χ1) is 38.5. The molecule has 4 aromatic rings. The molecule has 3 saturated heterocycles. The second kappa shape index (κ2) is 28.1. The number of amides is 9. The minimum Gasteiger partial charge on any atom is -0.480 e. The maximum Gasteiger partial charge on any atom is 0.326 e. The largest absolute Gasteiger partial charge is 0.480 e. The normalized spacial score (nSPS) is 19.6. The number of imidazole rings is 1. The van der Waals surface area contributed by atoms with Crippen molar-refractivity contribution in [3.05, 3.63) is 90.1 Å². The molecule has 0 aliphatic carbocycles. The van der Waals surface area contributed by atoms with Gasteiger partial charge < -0.3 is 72.5 Å². The van der Waals surface area contributed by atoms with E-state index in [-0.39, 0.29) is 44.7 Å². The van der Waals surface area contributed by atoms with Crippen molar-refractivity contribution in [3.63, 3.8) is 0 Å². The summed E-state index contributed by atoms with van der Waals surface area (Å²) in [5.41, 5.74) is 2.60. The molecule has 7 rings (SSSR count). The Hall–Kier alpha value is -8.19. The van der Waals surface area contributed by atoms with Crippen LogP contribution in [0.15, 0.2) is 73.3 Å². The zero-order valence-corrected chi connectivity index (χ0v) is 45.1. The first kappa shape index (κ1) is 59.5. The van der Waals surface area contributed by atoms with Gasteiger partial charge in [-0.15, -0.1) is 0 Å². The van der Waals surface area contributed by atoms with Gasteiger partial charge in [-0.25, -0.2) is 9.78 Å². The molecular formula is C55H73N13O12. The van der Waals surface area contributed by atoms with E-state index >= 15 is 0 Å². The summed E-state index contributed by atoms with van der Waals surface area (Å²) in [4.78, 5) is 149. The highest BCUT2D eigenvalue weighted by molar-refractivity contribution is 5.98. The highest BCUT2D eigenvalue weighted by atomic mass is 16.4. The van der Waals surface area contributed by atoms with Gasteiger partial charge in [0.05, 0.1) is 25.5 Å². The van der Waals surface area contributed by atoms with Gasteiger partial charge in [-0.1, -0.05) is 68.8 Å². The number of para-hydroxylation sites is 1. The fourth-order valence-corrected chi connectivity index (χ4v) is 10.4. The van der Waals surface area contributed by atoms with Crippen LogP contribution >= 0.6 is 0 Å². The van der Waals surface area contributed by atoms with E-state index in [9.17, 15) is 58.2 Å². The number of hydrogen-bond donors (Lipinski definition) is 12. The second-order valence-electron chi connectivity index (χ2n) is 20.7. The molecular weight excluding hydrogens is 1030 g/mol. The minimum absolute atomic E-state index is 0.101. The molecule has 430 valence electrons. The number of fused-ring (bicyclic) bond motifs is 1. The monoisotopic (exact) mass is 1110 g/mol. The summed E-state index contributed by atoms with van der Waals surface area (Å²) in [5.74, 6) is -7.81. The van der Waals surface area contributed by atoms with Crippen molar-refractivity contribution in [2.45, 2.75) is 139 Å². The van der Waals surface area contributed by atoms with Gasteiger partial charge in [0.25, 0.3) is 0 Å². The van der Waals surface area contributed by atoms with Gasteiger partial charge in [0, 0.05) is 61.3 Å². The number of aliphatic carboxylic acids is 1. The molecule has 0 spiro atoms. The number of likely N-dealkylation sites (tertiary alicyclic amines) is 2. The van der Waals surface area contributed by atoms with Gasteiger partial charge in [0.2, 0.25) is 53.2 Å². The number of H-pyrrole nitrogens is 2. The number of hydrogen-bond acceptors (Lipinski definition) is 13. The van der Waals surface area contributed by atoms with Crippen LogP contribution in [-0.4, -0.2) is 181 Å². The Morgan fingerprint density at radius 3 is 1.99 bits per heavy atom. The molecule has 25 heteroatoms. The van der Waals surface area contributed by atoms with Gasteiger partial charge in [-0.2, -0.15) is 0 Å². The van der Waals surface area contributed by atoms with Crippen LogP contribution in [0.2, 0.25) is 0 Å². The Bertz CT molecular complexity index is 2840. The van der Waals surface area contributed by atoms with Crippen LogP contribution in [-0.2, 0) is 67.2 Å². The molecule has 3 fully saturated rings. The maximum atomic E-state index is 14.1. The average molecular weight is 1110 g/mol. The molecule has 2 aromatic carbocycles. The highest BCUT2D eigenvalue weighted by Crippen LogP contribution is 2.23. The van der Waals surface area contributed by atoms with Crippen LogP contribution in [0, 0.1) is 5.92 Å². The van der Waals surface area contributed by atoms with Gasteiger partial charge in [0.15, 0.2) is 0 Å². The Morgan fingerprint density at radius 1 is 0.675 bits per heavy atom. The summed E-state index contributed by atoms with van der Waals surface area (Å²) < 4.78 is 0. The second-order valence-corrected chi connectivity index (χ2v) is 20.7. The smallest absolute Gasteiger partial charge is 0.326 e. The van der Waals surface area contributed by atoms with Crippen LogP contribution in [0.25, 0.3) is 10.9 Å². The standard InChI is InChI=1S/C55H73N13O12/c1-4-31(2)46(55(79)80)66-50(74)39(24-34-26-58-37-16-9-8-15-36(34)37)62-51(75)42(29-69)65-49(73)40(25-35-27-56-30-60-35)63-53(77)43-18-11-21-67(43)45(70)28-59-47(71)32(3)61-52(76)44-19-12-22-68(44)54(78)41(23-33-13-6-5-7-14-33)64-48(72)38-17-10-20-57-38/h5-9,13-16,26-27,30-32,38-44,46,57-58,69H,4,10-12,17-25,28-29H2,1-3H3,(H,56,60)(H,59,71)(H,61,76)(H,62,75)(H,63,77)(H,64,72)(H,65,73)(H,66,74)(H,79,80)/t31-,32-,38-,39-,40-,41-,42-,43-,44-,46-/m0/s1. The topological polar surface area (TPSA) is 358 Å². The molecule has 3 aliphatic heterocycles. The molecule has 12 N–H and O–H groups in total. The van der Waals surface area contributed by atoms with Crippen molar-refractivity contribution in [2.75, 3.05) is 32.8 Å². The molecule has 0 saturated carbocycles. The number of carbonyl (C=O) groups excluding carboxylic acids is 9. The lowest BCUT2D eigenvalue weighted by atomic mass is 9.98. The molecule has 80 heavy (non-hydrogen) atoms. The number of carboxylic acids is 1. The number of nitrogens with zero attached hydrogens (tertiary/aromatic N) is 3. The van der Waals surface area contributed by atoms with Gasteiger partial charge in [-0.3, -0.25) is 43.2 Å². The number of rotatable bonds is 26. The minimum atomic E-state index is -1.66. The van der Waals surface area contributed by atoms with Crippen molar-refractivity contribution >= 4 is 70.0 Å². The van der Waals surface area contributed by atoms with Crippen LogP contribution in [0.5, 0.6) is 0 Å². The number of aliphatic hydroxyl groups excluding tert-OH is 1. The Labute approximate surface area is 462 Å².